The highest BCUT2D eigenvalue weighted by molar-refractivity contribution is 5.46. The molecule has 3 N–H and O–H groups in total. The topological polar surface area (TPSA) is 68.4 Å². The maximum Gasteiger partial charge on any atom is 0.267 e. The molecule has 14 heavy (non-hydrogen) atoms. The lowest BCUT2D eigenvalue weighted by Crippen LogP contribution is -2.04. The molecule has 0 unspecified atom stereocenters. The van der Waals surface area contributed by atoms with Crippen LogP contribution in [0.3, 0.4) is 0 Å². The summed E-state index contributed by atoms with van der Waals surface area (Å²) in [5, 5.41) is 8.84. The van der Waals surface area contributed by atoms with Crippen LogP contribution in [0.5, 0.6) is 5.75 Å². The molecule has 4 nitrogen and oxygen atoms in total. The number of nitrogens with two attached hydrogens (primary N) is 1. The predicted molar refractivity (Wildman–Crippen MR) is 46.1 cm³/mol. The number of rotatable bonds is 3. The van der Waals surface area contributed by atoms with Gasteiger partial charge in [0.25, 0.3) is 6.43 Å². The Bertz CT molecular complexity index is 331. The maximum absolute atomic E-state index is 12.5. The molecule has 0 saturated heterocycles. The fourth-order valence-corrected chi connectivity index (χ4v) is 1.14. The van der Waals surface area contributed by atoms with Crippen molar-refractivity contribution in [3.05, 3.63) is 17.3 Å². The number of aliphatic hydroxyl groups excluding tert-OH is 1. The van der Waals surface area contributed by atoms with E-state index in [0.29, 0.717) is 0 Å². The van der Waals surface area contributed by atoms with Crippen LogP contribution in [0.4, 0.5) is 14.6 Å². The molecule has 78 valence electrons. The number of hydrogen-bond donors (Lipinski definition) is 2. The van der Waals surface area contributed by atoms with Crippen LogP contribution in [-0.4, -0.2) is 17.2 Å². The summed E-state index contributed by atoms with van der Waals surface area (Å²) < 4.78 is 29.7. The van der Waals surface area contributed by atoms with Gasteiger partial charge in [-0.25, -0.2) is 13.8 Å². The van der Waals surface area contributed by atoms with Crippen LogP contribution in [0.1, 0.15) is 17.7 Å². The number of halogens is 2. The first-order valence-electron chi connectivity index (χ1n) is 3.82. The zero-order valence-electron chi connectivity index (χ0n) is 7.50. The summed E-state index contributed by atoms with van der Waals surface area (Å²) in [4.78, 5) is 3.67. The van der Waals surface area contributed by atoms with Gasteiger partial charge in [-0.05, 0) is 6.07 Å². The van der Waals surface area contributed by atoms with Gasteiger partial charge in [0.05, 0.1) is 19.3 Å². The molecule has 0 aliphatic heterocycles. The second-order valence-corrected chi connectivity index (χ2v) is 2.58. The highest BCUT2D eigenvalue weighted by Crippen LogP contribution is 2.32. The lowest BCUT2D eigenvalue weighted by Gasteiger charge is -2.11. The van der Waals surface area contributed by atoms with E-state index in [2.05, 4.69) is 4.98 Å². The van der Waals surface area contributed by atoms with E-state index < -0.39 is 13.0 Å². The first-order chi connectivity index (χ1) is 6.60. The predicted octanol–water partition coefficient (Wildman–Crippen LogP) is 1.10. The number of hydrogen-bond acceptors (Lipinski definition) is 4. The van der Waals surface area contributed by atoms with Crippen LogP contribution < -0.4 is 10.5 Å². The number of alkyl halides is 2. The van der Waals surface area contributed by atoms with Gasteiger partial charge >= 0.3 is 0 Å². The van der Waals surface area contributed by atoms with Crippen molar-refractivity contribution in [2.75, 3.05) is 12.8 Å². The summed E-state index contributed by atoms with van der Waals surface area (Å²) in [7, 11) is 1.23. The summed E-state index contributed by atoms with van der Waals surface area (Å²) in [6.45, 7) is -0.492. The van der Waals surface area contributed by atoms with Crippen molar-refractivity contribution in [2.45, 2.75) is 13.0 Å². The molecule has 0 radical (unpaired) electrons. The minimum absolute atomic E-state index is 0.0165. The molecule has 0 atom stereocenters. The van der Waals surface area contributed by atoms with E-state index in [-0.39, 0.29) is 22.8 Å². The molecule has 1 rings (SSSR count). The molecular formula is C8H10F2N2O2. The van der Waals surface area contributed by atoms with E-state index in [4.69, 9.17) is 15.6 Å². The smallest absolute Gasteiger partial charge is 0.267 e. The highest BCUT2D eigenvalue weighted by Gasteiger charge is 2.18. The van der Waals surface area contributed by atoms with Crippen LogP contribution in [0, 0.1) is 0 Å². The number of anilines is 1. The zero-order chi connectivity index (χ0) is 10.7. The van der Waals surface area contributed by atoms with Crippen LogP contribution in [0.15, 0.2) is 6.07 Å². The number of aromatic nitrogens is 1. The minimum atomic E-state index is -2.71. The van der Waals surface area contributed by atoms with E-state index >= 15 is 0 Å². The third kappa shape index (κ3) is 1.90. The Balaban J connectivity index is 3.31. The molecule has 6 heteroatoms. The molecule has 0 bridgehead atoms. The third-order valence-corrected chi connectivity index (χ3v) is 1.68. The Labute approximate surface area is 79.3 Å². The number of nitrogens with zero attached hydrogens (tertiary/aromatic N) is 1. The summed E-state index contributed by atoms with van der Waals surface area (Å²) in [6, 6.07) is 1.03. The molecular weight excluding hydrogens is 194 g/mol. The Morgan fingerprint density at radius 3 is 2.71 bits per heavy atom. The number of aliphatic hydroxyl groups is 1. The number of nitrogen functional groups attached to an aromatic ring is 1. The molecule has 0 spiro atoms. The molecule has 0 aliphatic carbocycles. The monoisotopic (exact) mass is 204 g/mol. The van der Waals surface area contributed by atoms with Crippen molar-refractivity contribution in [2.24, 2.45) is 0 Å². The van der Waals surface area contributed by atoms with Crippen molar-refractivity contribution < 1.29 is 18.6 Å². The molecule has 1 aromatic rings. The minimum Gasteiger partial charge on any atom is -0.494 e. The molecule has 0 amide bonds. The van der Waals surface area contributed by atoms with Crippen LogP contribution in [0.25, 0.3) is 0 Å². The third-order valence-electron chi connectivity index (χ3n) is 1.68. The van der Waals surface area contributed by atoms with Gasteiger partial charge in [-0.2, -0.15) is 0 Å². The van der Waals surface area contributed by atoms with Crippen molar-refractivity contribution in [1.29, 1.82) is 0 Å². The standard InChI is InChI=1S/C8H10F2N2O2/c1-14-7-4(8(9)10)2-6(11)12-5(7)3-13/h2,8,13H,3H2,1H3,(H2,11,12). The van der Waals surface area contributed by atoms with Crippen molar-refractivity contribution in [3.8, 4) is 5.75 Å². The van der Waals surface area contributed by atoms with Crippen LogP contribution >= 0.6 is 0 Å². The average molecular weight is 204 g/mol. The second kappa shape index (κ2) is 4.19. The largest absolute Gasteiger partial charge is 0.494 e. The first-order valence-corrected chi connectivity index (χ1v) is 3.82. The van der Waals surface area contributed by atoms with Crippen molar-refractivity contribution >= 4 is 5.82 Å². The fraction of sp³-hybridized carbons (Fsp3) is 0.375. The molecule has 0 fully saturated rings. The highest BCUT2D eigenvalue weighted by atomic mass is 19.3. The Kier molecular flexibility index (Phi) is 3.19. The lowest BCUT2D eigenvalue weighted by molar-refractivity contribution is 0.146. The molecule has 1 aromatic heterocycles. The van der Waals surface area contributed by atoms with E-state index in [1.54, 1.807) is 0 Å². The SMILES string of the molecule is COc1c(C(F)F)cc(N)nc1CO. The Morgan fingerprint density at radius 1 is 1.64 bits per heavy atom. The Hall–Kier alpha value is -1.43. The fourth-order valence-electron chi connectivity index (χ4n) is 1.14. The van der Waals surface area contributed by atoms with Gasteiger partial charge in [0.15, 0.2) is 5.75 Å². The molecule has 1 heterocycles. The lowest BCUT2D eigenvalue weighted by atomic mass is 10.2. The van der Waals surface area contributed by atoms with Gasteiger partial charge in [0.1, 0.15) is 11.5 Å². The Morgan fingerprint density at radius 2 is 2.29 bits per heavy atom. The van der Waals surface area contributed by atoms with Crippen LogP contribution in [-0.2, 0) is 6.61 Å². The van der Waals surface area contributed by atoms with Gasteiger partial charge in [-0.15, -0.1) is 0 Å². The summed E-state index contributed by atoms with van der Waals surface area (Å²) >= 11 is 0. The van der Waals surface area contributed by atoms with Crippen molar-refractivity contribution in [1.82, 2.24) is 4.98 Å². The van der Waals surface area contributed by atoms with Gasteiger partial charge in [0, 0.05) is 0 Å². The van der Waals surface area contributed by atoms with E-state index in [9.17, 15) is 8.78 Å². The molecule has 0 aliphatic rings. The summed E-state index contributed by atoms with van der Waals surface area (Å²) in [5.74, 6) is -0.179. The van der Waals surface area contributed by atoms with Gasteiger partial charge in [-0.3, -0.25) is 0 Å². The second-order valence-electron chi connectivity index (χ2n) is 2.58. The number of ether oxygens (including phenoxy) is 1. The number of pyridine rings is 1. The first kappa shape index (κ1) is 10.6. The van der Waals surface area contributed by atoms with Crippen LogP contribution in [0.2, 0.25) is 0 Å². The van der Waals surface area contributed by atoms with E-state index in [1.807, 2.05) is 0 Å². The van der Waals surface area contributed by atoms with E-state index in [1.165, 1.54) is 7.11 Å². The zero-order valence-corrected chi connectivity index (χ0v) is 7.50. The van der Waals surface area contributed by atoms with Gasteiger partial charge < -0.3 is 15.6 Å². The molecule has 0 saturated carbocycles. The molecule has 0 aromatic carbocycles. The van der Waals surface area contributed by atoms with Crippen molar-refractivity contribution in [3.63, 3.8) is 0 Å². The average Bonchev–Trinajstić information content (AvgIpc) is 2.16. The van der Waals surface area contributed by atoms with Gasteiger partial charge in [0.2, 0.25) is 0 Å². The number of methoxy groups -OCH3 is 1. The van der Waals surface area contributed by atoms with E-state index in [0.717, 1.165) is 6.07 Å². The van der Waals surface area contributed by atoms with Gasteiger partial charge in [-0.1, -0.05) is 0 Å². The summed E-state index contributed by atoms with van der Waals surface area (Å²) in [6.07, 6.45) is -2.71. The maximum atomic E-state index is 12.5. The quantitative estimate of drug-likeness (QED) is 0.773. The normalized spacial score (nSPS) is 10.6. The summed E-state index contributed by atoms with van der Waals surface area (Å²) in [5.41, 5.74) is 4.94.